The molecule has 172 valence electrons. The van der Waals surface area contributed by atoms with Crippen molar-refractivity contribution < 1.29 is 23.8 Å². The van der Waals surface area contributed by atoms with Crippen LogP contribution in [0, 0.1) is 0 Å². The number of methoxy groups -OCH3 is 1. The molecule has 0 aromatic heterocycles. The average Bonchev–Trinajstić information content (AvgIpc) is 3.33. The summed E-state index contributed by atoms with van der Waals surface area (Å²) >= 11 is 1.39. The molecule has 2 amide bonds. The third-order valence-corrected chi connectivity index (χ3v) is 6.68. The highest BCUT2D eigenvalue weighted by Crippen LogP contribution is 2.42. The highest BCUT2D eigenvalue weighted by atomic mass is 32.2. The fourth-order valence-electron chi connectivity index (χ4n) is 3.75. The van der Waals surface area contributed by atoms with Crippen molar-refractivity contribution in [2.75, 3.05) is 25.9 Å². The minimum Gasteiger partial charge on any atom is -0.497 e. The van der Waals surface area contributed by atoms with E-state index in [0.29, 0.717) is 34.2 Å². The van der Waals surface area contributed by atoms with E-state index in [9.17, 15) is 9.59 Å². The van der Waals surface area contributed by atoms with Gasteiger partial charge < -0.3 is 24.4 Å². The monoisotopic (exact) mass is 474 g/mol. The number of nitrogens with zero attached hydrogens (tertiary/aromatic N) is 1. The first-order valence-corrected chi connectivity index (χ1v) is 11.5. The second kappa shape index (κ2) is 9.15. The molecule has 0 spiro atoms. The molecule has 0 radical (unpaired) electrons. The molecule has 5 rings (SSSR count). The molecule has 7 nitrogen and oxygen atoms in total. The number of carbonyl (C=O) groups is 2. The zero-order chi connectivity index (χ0) is 23.7. The number of anilines is 1. The minimum absolute atomic E-state index is 0.127. The Morgan fingerprint density at radius 3 is 2.82 bits per heavy atom. The van der Waals surface area contributed by atoms with Gasteiger partial charge in [0.25, 0.3) is 11.8 Å². The van der Waals surface area contributed by atoms with Crippen LogP contribution in [0.25, 0.3) is 6.08 Å². The van der Waals surface area contributed by atoms with E-state index >= 15 is 0 Å². The Bertz CT molecular complexity index is 1320. The Labute approximate surface area is 201 Å². The first kappa shape index (κ1) is 21.9. The maximum Gasteiger partial charge on any atom is 0.264 e. The van der Waals surface area contributed by atoms with Crippen LogP contribution in [0.15, 0.2) is 70.5 Å². The number of thioether (sulfide) groups is 1. The lowest BCUT2D eigenvalue weighted by molar-refractivity contribution is -0.114. The highest BCUT2D eigenvalue weighted by Gasteiger charge is 2.27. The van der Waals surface area contributed by atoms with Crippen LogP contribution in [0.3, 0.4) is 0 Å². The molecule has 0 aliphatic carbocycles. The predicted octanol–water partition coefficient (Wildman–Crippen LogP) is 4.46. The summed E-state index contributed by atoms with van der Waals surface area (Å²) in [7, 11) is 3.33. The van der Waals surface area contributed by atoms with Gasteiger partial charge in [-0.25, -0.2) is 0 Å². The molecule has 3 aromatic carbocycles. The standard InChI is InChI=1S/C26H22N2O5S/c1-28-20-13-18(25(29)27-14-17-6-8-21-22(11-17)33-15-32-21)7-9-23(20)34-24(26(28)30)12-16-4-3-5-19(10-16)31-2/h3-13H,14-15H2,1-2H3,(H,27,29)/b24-12+. The quantitative estimate of drug-likeness (QED) is 0.550. The van der Waals surface area contributed by atoms with Gasteiger partial charge in [-0.05, 0) is 59.7 Å². The second-order valence-corrected chi connectivity index (χ2v) is 8.89. The summed E-state index contributed by atoms with van der Waals surface area (Å²) in [5.41, 5.74) is 2.98. The molecular formula is C26H22N2O5S. The zero-order valence-corrected chi connectivity index (χ0v) is 19.5. The van der Waals surface area contributed by atoms with Gasteiger partial charge in [-0.2, -0.15) is 0 Å². The molecule has 0 fully saturated rings. The van der Waals surface area contributed by atoms with Crippen molar-refractivity contribution in [1.82, 2.24) is 5.32 Å². The first-order valence-electron chi connectivity index (χ1n) is 10.6. The van der Waals surface area contributed by atoms with E-state index in [0.717, 1.165) is 21.8 Å². The van der Waals surface area contributed by atoms with Gasteiger partial charge in [-0.1, -0.05) is 30.0 Å². The van der Waals surface area contributed by atoms with E-state index in [1.165, 1.54) is 11.8 Å². The van der Waals surface area contributed by atoms with Crippen molar-refractivity contribution >= 4 is 35.3 Å². The number of fused-ring (bicyclic) bond motifs is 2. The molecule has 34 heavy (non-hydrogen) atoms. The average molecular weight is 475 g/mol. The van der Waals surface area contributed by atoms with Crippen molar-refractivity contribution in [2.45, 2.75) is 11.4 Å². The van der Waals surface area contributed by atoms with Crippen LogP contribution in [0.5, 0.6) is 17.2 Å². The lowest BCUT2D eigenvalue weighted by Crippen LogP contribution is -2.31. The van der Waals surface area contributed by atoms with Crippen LogP contribution >= 0.6 is 11.8 Å². The summed E-state index contributed by atoms with van der Waals surface area (Å²) in [5.74, 6) is 1.76. The van der Waals surface area contributed by atoms with Gasteiger partial charge in [0.1, 0.15) is 5.75 Å². The van der Waals surface area contributed by atoms with Gasteiger partial charge in [-0.3, -0.25) is 9.59 Å². The van der Waals surface area contributed by atoms with Crippen LogP contribution in [-0.2, 0) is 11.3 Å². The molecule has 0 unspecified atom stereocenters. The van der Waals surface area contributed by atoms with Crippen molar-refractivity contribution in [3.8, 4) is 17.2 Å². The van der Waals surface area contributed by atoms with Gasteiger partial charge in [-0.15, -0.1) is 0 Å². The Morgan fingerprint density at radius 1 is 1.12 bits per heavy atom. The number of rotatable bonds is 5. The molecule has 8 heteroatoms. The second-order valence-electron chi connectivity index (χ2n) is 7.80. The Morgan fingerprint density at radius 2 is 1.97 bits per heavy atom. The fourth-order valence-corrected chi connectivity index (χ4v) is 4.85. The number of ether oxygens (including phenoxy) is 3. The Balaban J connectivity index is 1.32. The van der Waals surface area contributed by atoms with E-state index in [-0.39, 0.29) is 18.6 Å². The maximum absolute atomic E-state index is 13.0. The largest absolute Gasteiger partial charge is 0.497 e. The summed E-state index contributed by atoms with van der Waals surface area (Å²) in [4.78, 5) is 28.9. The highest BCUT2D eigenvalue weighted by molar-refractivity contribution is 8.04. The minimum atomic E-state index is -0.218. The summed E-state index contributed by atoms with van der Waals surface area (Å²) < 4.78 is 16.0. The summed E-state index contributed by atoms with van der Waals surface area (Å²) in [6, 6.07) is 18.5. The van der Waals surface area contributed by atoms with Gasteiger partial charge in [0.05, 0.1) is 17.7 Å². The van der Waals surface area contributed by atoms with E-state index in [4.69, 9.17) is 14.2 Å². The molecule has 2 aliphatic heterocycles. The summed E-state index contributed by atoms with van der Waals surface area (Å²) in [6.07, 6.45) is 1.85. The number of nitrogens with one attached hydrogen (secondary N) is 1. The number of hydrogen-bond acceptors (Lipinski definition) is 6. The Hall–Kier alpha value is -3.91. The van der Waals surface area contributed by atoms with Crippen molar-refractivity contribution in [2.24, 2.45) is 0 Å². The van der Waals surface area contributed by atoms with Crippen molar-refractivity contribution in [3.05, 3.63) is 82.3 Å². The van der Waals surface area contributed by atoms with Gasteiger partial charge in [0, 0.05) is 24.1 Å². The normalized spacial score (nSPS) is 15.3. The lowest BCUT2D eigenvalue weighted by Gasteiger charge is -2.27. The fraction of sp³-hybridized carbons (Fsp3) is 0.154. The van der Waals surface area contributed by atoms with Crippen LogP contribution in [0.4, 0.5) is 5.69 Å². The van der Waals surface area contributed by atoms with Crippen LogP contribution < -0.4 is 24.4 Å². The van der Waals surface area contributed by atoms with Gasteiger partial charge >= 0.3 is 0 Å². The molecule has 0 saturated carbocycles. The number of hydrogen-bond donors (Lipinski definition) is 1. The third-order valence-electron chi connectivity index (χ3n) is 5.60. The predicted molar refractivity (Wildman–Crippen MR) is 130 cm³/mol. The first-order chi connectivity index (χ1) is 16.5. The molecule has 1 N–H and O–H groups in total. The molecule has 0 saturated heterocycles. The van der Waals surface area contributed by atoms with Gasteiger partial charge in [0.2, 0.25) is 6.79 Å². The molecular weight excluding hydrogens is 452 g/mol. The topological polar surface area (TPSA) is 77.1 Å². The molecule has 2 heterocycles. The number of amides is 2. The van der Waals surface area contributed by atoms with Crippen molar-refractivity contribution in [1.29, 1.82) is 0 Å². The summed E-state index contributed by atoms with van der Waals surface area (Å²) in [5, 5.41) is 2.92. The molecule has 0 bridgehead atoms. The van der Waals surface area contributed by atoms with Gasteiger partial charge in [0.15, 0.2) is 11.5 Å². The molecule has 2 aliphatic rings. The SMILES string of the molecule is COc1cccc(/C=C2/Sc3ccc(C(=O)NCc4ccc5c(c4)OCO5)cc3N(C)C2=O)c1. The zero-order valence-electron chi connectivity index (χ0n) is 18.7. The molecule has 0 atom stereocenters. The number of benzene rings is 3. The maximum atomic E-state index is 13.0. The Kier molecular flexibility index (Phi) is 5.90. The van der Waals surface area contributed by atoms with Crippen LogP contribution in [-0.4, -0.2) is 32.8 Å². The van der Waals surface area contributed by atoms with E-state index in [1.54, 1.807) is 31.2 Å². The lowest BCUT2D eigenvalue weighted by atomic mass is 10.1. The van der Waals surface area contributed by atoms with E-state index < -0.39 is 0 Å². The van der Waals surface area contributed by atoms with E-state index in [1.807, 2.05) is 54.6 Å². The van der Waals surface area contributed by atoms with Crippen LogP contribution in [0.2, 0.25) is 0 Å². The summed E-state index contributed by atoms with van der Waals surface area (Å²) in [6.45, 7) is 0.560. The van der Waals surface area contributed by atoms with Crippen molar-refractivity contribution in [3.63, 3.8) is 0 Å². The molecule has 3 aromatic rings. The third kappa shape index (κ3) is 4.32. The number of carbonyl (C=O) groups excluding carboxylic acids is 2. The van der Waals surface area contributed by atoms with Crippen LogP contribution in [0.1, 0.15) is 21.5 Å². The smallest absolute Gasteiger partial charge is 0.264 e. The van der Waals surface area contributed by atoms with E-state index in [2.05, 4.69) is 5.32 Å². The number of likely N-dealkylation sites (N-methyl/N-ethyl adjacent to an activating group) is 1.